The van der Waals surface area contributed by atoms with Crippen LogP contribution >= 0.6 is 11.6 Å². The number of halogens is 1. The lowest BCUT2D eigenvalue weighted by molar-refractivity contribution is -0.143. The number of carbonyl (C=O) groups is 1. The van der Waals surface area contributed by atoms with E-state index in [0.29, 0.717) is 34.3 Å². The van der Waals surface area contributed by atoms with Crippen molar-refractivity contribution in [3.05, 3.63) is 46.7 Å². The van der Waals surface area contributed by atoms with E-state index in [1.165, 1.54) is 7.11 Å². The van der Waals surface area contributed by atoms with Crippen LogP contribution in [0.1, 0.15) is 32.1 Å². The summed E-state index contributed by atoms with van der Waals surface area (Å²) < 4.78 is 16.2. The van der Waals surface area contributed by atoms with Gasteiger partial charge in [-0.3, -0.25) is 4.79 Å². The van der Waals surface area contributed by atoms with Gasteiger partial charge < -0.3 is 25.1 Å². The van der Waals surface area contributed by atoms with Crippen molar-refractivity contribution in [2.45, 2.75) is 32.6 Å². The lowest BCUT2D eigenvalue weighted by atomic mass is 10.0. The van der Waals surface area contributed by atoms with E-state index in [1.807, 2.05) is 13.8 Å². The molecule has 0 spiro atoms. The van der Waals surface area contributed by atoms with Gasteiger partial charge in [-0.05, 0) is 44.6 Å². The molecular weight excluding hydrogens is 346 g/mol. The largest absolute Gasteiger partial charge is 0.491 e. The minimum atomic E-state index is -1.16. The molecule has 0 bridgehead atoms. The average Bonchev–Trinajstić information content (AvgIpc) is 2.55. The summed E-state index contributed by atoms with van der Waals surface area (Å²) in [5.74, 6) is 0.583. The van der Waals surface area contributed by atoms with Gasteiger partial charge in [-0.2, -0.15) is 0 Å². The molecule has 0 aromatic heterocycles. The molecule has 0 amide bonds. The highest BCUT2D eigenvalue weighted by atomic mass is 35.5. The highest BCUT2D eigenvalue weighted by molar-refractivity contribution is 6.32. The first kappa shape index (κ1) is 19.3. The molecule has 136 valence electrons. The molecular formula is C18H22ClNO5. The molecule has 0 saturated heterocycles. The molecule has 2 rings (SSSR count). The van der Waals surface area contributed by atoms with E-state index in [2.05, 4.69) is 0 Å². The van der Waals surface area contributed by atoms with Crippen LogP contribution in [-0.2, 0) is 9.53 Å². The Bertz CT molecular complexity index is 697. The fraction of sp³-hybridized carbons (Fsp3) is 0.389. The molecule has 2 atom stereocenters. The third-order valence-corrected chi connectivity index (χ3v) is 3.80. The normalized spacial score (nSPS) is 18.3. The monoisotopic (exact) mass is 367 g/mol. The zero-order valence-corrected chi connectivity index (χ0v) is 15.1. The van der Waals surface area contributed by atoms with Gasteiger partial charge in [-0.1, -0.05) is 11.6 Å². The number of nitrogens with two attached hydrogens (primary N) is 1. The number of allylic oxidation sites excluding steroid dienone is 2. The highest BCUT2D eigenvalue weighted by Gasteiger charge is 2.23. The molecule has 1 aliphatic rings. The van der Waals surface area contributed by atoms with Crippen molar-refractivity contribution in [3.63, 3.8) is 0 Å². The van der Waals surface area contributed by atoms with E-state index < -0.39 is 12.1 Å². The van der Waals surface area contributed by atoms with Gasteiger partial charge in [0, 0.05) is 11.6 Å². The summed E-state index contributed by atoms with van der Waals surface area (Å²) in [7, 11) is 1.33. The van der Waals surface area contributed by atoms with Gasteiger partial charge in [0.2, 0.25) is 0 Å². The van der Waals surface area contributed by atoms with E-state index in [9.17, 15) is 9.90 Å². The van der Waals surface area contributed by atoms with Crippen molar-refractivity contribution < 1.29 is 24.1 Å². The third-order valence-electron chi connectivity index (χ3n) is 3.49. The van der Waals surface area contributed by atoms with E-state index >= 15 is 0 Å². The molecule has 2 unspecified atom stereocenters. The Hall–Kier alpha value is -2.02. The Balaban J connectivity index is 2.22. The summed E-state index contributed by atoms with van der Waals surface area (Å²) in [6.45, 7) is 3.78. The molecule has 7 heteroatoms. The minimum absolute atomic E-state index is 0.0452. The SMILES string of the molecule is COC(=O)C1C=C(Cl)C(Oc2cc(OC(C)C)cc(C(N)O)c2)=CC1. The average molecular weight is 368 g/mol. The molecule has 0 fully saturated rings. The van der Waals surface area contributed by atoms with Crippen molar-refractivity contribution in [2.24, 2.45) is 11.7 Å². The maximum atomic E-state index is 11.6. The molecule has 3 N–H and O–H groups in total. The smallest absolute Gasteiger partial charge is 0.312 e. The first-order valence-electron chi connectivity index (χ1n) is 7.89. The van der Waals surface area contributed by atoms with E-state index in [-0.39, 0.29) is 12.1 Å². The lowest BCUT2D eigenvalue weighted by Gasteiger charge is -2.19. The Morgan fingerprint density at radius 3 is 2.56 bits per heavy atom. The maximum absolute atomic E-state index is 11.6. The Labute approximate surface area is 151 Å². The van der Waals surface area contributed by atoms with Crippen molar-refractivity contribution >= 4 is 17.6 Å². The maximum Gasteiger partial charge on any atom is 0.312 e. The summed E-state index contributed by atoms with van der Waals surface area (Å²) in [6, 6.07) is 4.94. The molecule has 0 aliphatic heterocycles. The van der Waals surface area contributed by atoms with Crippen LogP contribution in [-0.4, -0.2) is 24.3 Å². The summed E-state index contributed by atoms with van der Waals surface area (Å²) in [6.07, 6.45) is 2.53. The van der Waals surface area contributed by atoms with E-state index in [0.717, 1.165) is 0 Å². The van der Waals surface area contributed by atoms with Crippen LogP contribution in [0, 0.1) is 5.92 Å². The van der Waals surface area contributed by atoms with Crippen LogP contribution in [0.15, 0.2) is 41.1 Å². The van der Waals surface area contributed by atoms with Crippen molar-refractivity contribution in [2.75, 3.05) is 7.11 Å². The molecule has 25 heavy (non-hydrogen) atoms. The van der Waals surface area contributed by atoms with E-state index in [4.69, 9.17) is 31.5 Å². The first-order valence-corrected chi connectivity index (χ1v) is 8.26. The van der Waals surface area contributed by atoms with Gasteiger partial charge in [0.1, 0.15) is 23.5 Å². The topological polar surface area (TPSA) is 91.0 Å². The number of benzene rings is 1. The summed E-state index contributed by atoms with van der Waals surface area (Å²) in [4.78, 5) is 11.6. The molecule has 1 aromatic rings. The van der Waals surface area contributed by atoms with Crippen molar-refractivity contribution in [1.82, 2.24) is 0 Å². The number of methoxy groups -OCH3 is 1. The van der Waals surface area contributed by atoms with Gasteiger partial charge in [0.15, 0.2) is 0 Å². The number of aliphatic hydroxyl groups excluding tert-OH is 1. The number of hydrogen-bond donors (Lipinski definition) is 2. The Morgan fingerprint density at radius 2 is 2.00 bits per heavy atom. The van der Waals surface area contributed by atoms with Gasteiger partial charge in [0.05, 0.1) is 24.2 Å². The lowest BCUT2D eigenvalue weighted by Crippen LogP contribution is -2.17. The van der Waals surface area contributed by atoms with Crippen LogP contribution in [0.5, 0.6) is 11.5 Å². The molecule has 0 heterocycles. The predicted octanol–water partition coefficient (Wildman–Crippen LogP) is 3.00. The molecule has 1 aromatic carbocycles. The van der Waals surface area contributed by atoms with Gasteiger partial charge in [-0.15, -0.1) is 0 Å². The highest BCUT2D eigenvalue weighted by Crippen LogP contribution is 2.32. The standard InChI is InChI=1S/C18H22ClNO5/c1-10(2)24-13-6-12(17(20)21)7-14(9-13)25-16-5-4-11(8-15(16)19)18(22)23-3/h5-11,17,21H,4,20H2,1-3H3. The van der Waals surface area contributed by atoms with Crippen LogP contribution in [0.2, 0.25) is 0 Å². The Kier molecular flexibility index (Phi) is 6.47. The van der Waals surface area contributed by atoms with E-state index in [1.54, 1.807) is 30.4 Å². The van der Waals surface area contributed by atoms with Gasteiger partial charge in [0.25, 0.3) is 0 Å². The van der Waals surface area contributed by atoms with Crippen molar-refractivity contribution in [1.29, 1.82) is 0 Å². The molecule has 1 aliphatic carbocycles. The fourth-order valence-electron chi connectivity index (χ4n) is 2.35. The quantitative estimate of drug-likeness (QED) is 0.593. The molecule has 0 saturated carbocycles. The number of aliphatic hydroxyl groups is 1. The zero-order valence-electron chi connectivity index (χ0n) is 14.4. The second-order valence-corrected chi connectivity index (χ2v) is 6.31. The first-order chi connectivity index (χ1) is 11.8. The number of rotatable bonds is 6. The van der Waals surface area contributed by atoms with Crippen LogP contribution in [0.25, 0.3) is 0 Å². The summed E-state index contributed by atoms with van der Waals surface area (Å²) in [5.41, 5.74) is 6.01. The predicted molar refractivity (Wildman–Crippen MR) is 94.1 cm³/mol. The number of carbonyl (C=O) groups excluding carboxylic acids is 1. The fourth-order valence-corrected chi connectivity index (χ4v) is 2.62. The number of esters is 1. The summed E-state index contributed by atoms with van der Waals surface area (Å²) in [5, 5.41) is 9.96. The van der Waals surface area contributed by atoms with Crippen LogP contribution < -0.4 is 15.2 Å². The second kappa shape index (κ2) is 8.38. The molecule has 0 radical (unpaired) electrons. The van der Waals surface area contributed by atoms with Crippen LogP contribution in [0.3, 0.4) is 0 Å². The summed E-state index contributed by atoms with van der Waals surface area (Å²) >= 11 is 6.21. The number of hydrogen-bond acceptors (Lipinski definition) is 6. The Morgan fingerprint density at radius 1 is 1.32 bits per heavy atom. The zero-order chi connectivity index (χ0) is 18.6. The van der Waals surface area contributed by atoms with Crippen LogP contribution in [0.4, 0.5) is 0 Å². The minimum Gasteiger partial charge on any atom is -0.491 e. The molecule has 6 nitrogen and oxygen atoms in total. The third kappa shape index (κ3) is 5.22. The van der Waals surface area contributed by atoms with Gasteiger partial charge in [-0.25, -0.2) is 0 Å². The van der Waals surface area contributed by atoms with Gasteiger partial charge >= 0.3 is 5.97 Å². The second-order valence-electron chi connectivity index (χ2n) is 5.90. The van der Waals surface area contributed by atoms with Crippen molar-refractivity contribution in [3.8, 4) is 11.5 Å². The number of ether oxygens (including phenoxy) is 3.